The van der Waals surface area contributed by atoms with Crippen LogP contribution in [0.3, 0.4) is 0 Å². The maximum atomic E-state index is 11.8. The van der Waals surface area contributed by atoms with Crippen molar-refractivity contribution in [2.75, 3.05) is 26.9 Å². The van der Waals surface area contributed by atoms with E-state index in [1.807, 2.05) is 11.8 Å². The highest BCUT2D eigenvalue weighted by Gasteiger charge is 2.41. The van der Waals surface area contributed by atoms with Crippen molar-refractivity contribution < 1.29 is 12.8 Å². The Balaban J connectivity index is 1.91. The average Bonchev–Trinajstić information content (AvgIpc) is 2.97. The third-order valence-corrected chi connectivity index (χ3v) is 6.47. The molecule has 0 aliphatic heterocycles. The largest absolute Gasteiger partial charge is 0.447 e. The van der Waals surface area contributed by atoms with Crippen LogP contribution in [0.1, 0.15) is 18.6 Å². The van der Waals surface area contributed by atoms with E-state index in [9.17, 15) is 8.42 Å². The molecule has 1 aliphatic rings. The van der Waals surface area contributed by atoms with Gasteiger partial charge in [0.2, 0.25) is 5.09 Å². The molecule has 1 aromatic rings. The third kappa shape index (κ3) is 3.34. The summed E-state index contributed by atoms with van der Waals surface area (Å²) in [5.74, 6) is 0.650. The first-order valence-corrected chi connectivity index (χ1v) is 8.83. The molecule has 7 heteroatoms. The lowest BCUT2D eigenvalue weighted by molar-refractivity contribution is 0.389. The molecule has 0 atom stereocenters. The molecule has 0 saturated heterocycles. The van der Waals surface area contributed by atoms with Crippen LogP contribution in [0.5, 0.6) is 0 Å². The summed E-state index contributed by atoms with van der Waals surface area (Å²) in [6.45, 7) is 1.50. The van der Waals surface area contributed by atoms with E-state index in [4.69, 9.17) is 4.42 Å². The number of sulfonamides is 1. The molecule has 1 aromatic heterocycles. The molecule has 2 rings (SSSR count). The highest BCUT2D eigenvalue weighted by molar-refractivity contribution is 8.00. The Morgan fingerprint density at radius 1 is 1.42 bits per heavy atom. The van der Waals surface area contributed by atoms with Crippen LogP contribution in [-0.4, -0.2) is 44.4 Å². The smallest absolute Gasteiger partial charge is 0.275 e. The number of hydrogen-bond donors (Lipinski definition) is 1. The highest BCUT2D eigenvalue weighted by Crippen LogP contribution is 2.46. The van der Waals surface area contributed by atoms with Gasteiger partial charge in [-0.3, -0.25) is 0 Å². The van der Waals surface area contributed by atoms with Gasteiger partial charge in [0, 0.05) is 25.4 Å². The Kier molecular flexibility index (Phi) is 4.29. The zero-order valence-corrected chi connectivity index (χ0v) is 13.1. The van der Waals surface area contributed by atoms with Crippen LogP contribution in [0.4, 0.5) is 0 Å². The molecule has 1 N–H and O–H groups in total. The van der Waals surface area contributed by atoms with Gasteiger partial charge in [-0.05, 0) is 31.2 Å². The fraction of sp³-hybridized carbons (Fsp3) is 0.667. The van der Waals surface area contributed by atoms with Gasteiger partial charge < -0.3 is 9.73 Å². The van der Waals surface area contributed by atoms with Crippen molar-refractivity contribution in [3.63, 3.8) is 0 Å². The van der Waals surface area contributed by atoms with Gasteiger partial charge in [0.15, 0.2) is 0 Å². The Morgan fingerprint density at radius 2 is 2.11 bits per heavy atom. The summed E-state index contributed by atoms with van der Waals surface area (Å²) in [7, 11) is -0.485. The number of nitrogens with zero attached hydrogens (tertiary/aromatic N) is 1. The van der Waals surface area contributed by atoms with Gasteiger partial charge in [-0.2, -0.15) is 11.8 Å². The van der Waals surface area contributed by atoms with E-state index in [2.05, 4.69) is 11.6 Å². The molecule has 0 spiro atoms. The molecule has 0 amide bonds. The van der Waals surface area contributed by atoms with Crippen LogP contribution in [0.15, 0.2) is 21.6 Å². The van der Waals surface area contributed by atoms with E-state index in [0.717, 1.165) is 10.8 Å². The average molecular weight is 304 g/mol. The quantitative estimate of drug-likeness (QED) is 0.827. The zero-order chi connectivity index (χ0) is 14.1. The van der Waals surface area contributed by atoms with Crippen molar-refractivity contribution in [2.45, 2.75) is 29.2 Å². The van der Waals surface area contributed by atoms with E-state index in [1.165, 1.54) is 33.0 Å². The van der Waals surface area contributed by atoms with Crippen molar-refractivity contribution >= 4 is 21.8 Å². The Hall–Kier alpha value is -0.500. The van der Waals surface area contributed by atoms with Crippen LogP contribution in [0.25, 0.3) is 0 Å². The molecule has 1 heterocycles. The summed E-state index contributed by atoms with van der Waals surface area (Å²) in [5, 5.41) is 3.33. The van der Waals surface area contributed by atoms with Gasteiger partial charge in [0.05, 0.1) is 6.54 Å². The predicted octanol–water partition coefficient (Wildman–Crippen LogP) is 1.52. The molecule has 108 valence electrons. The van der Waals surface area contributed by atoms with E-state index in [0.29, 0.717) is 17.1 Å². The molecular weight excluding hydrogens is 284 g/mol. The lowest BCUT2D eigenvalue weighted by Crippen LogP contribution is -2.25. The molecule has 1 saturated carbocycles. The van der Waals surface area contributed by atoms with E-state index >= 15 is 0 Å². The second kappa shape index (κ2) is 5.47. The van der Waals surface area contributed by atoms with Crippen LogP contribution in [0.2, 0.25) is 0 Å². The number of thioether (sulfide) groups is 1. The molecule has 1 aliphatic carbocycles. The summed E-state index contributed by atoms with van der Waals surface area (Å²) in [5.41, 5.74) is 0. The minimum Gasteiger partial charge on any atom is -0.447 e. The van der Waals surface area contributed by atoms with E-state index < -0.39 is 10.0 Å². The van der Waals surface area contributed by atoms with Gasteiger partial charge in [-0.25, -0.2) is 12.7 Å². The molecular formula is C12H20N2O3S2. The van der Waals surface area contributed by atoms with Crippen LogP contribution in [-0.2, 0) is 16.6 Å². The van der Waals surface area contributed by atoms with Crippen molar-refractivity contribution in [1.29, 1.82) is 0 Å². The first-order chi connectivity index (χ1) is 8.89. The van der Waals surface area contributed by atoms with Crippen LogP contribution >= 0.6 is 11.8 Å². The van der Waals surface area contributed by atoms with Gasteiger partial charge >= 0.3 is 0 Å². The lowest BCUT2D eigenvalue weighted by Gasteiger charge is -2.12. The van der Waals surface area contributed by atoms with Crippen molar-refractivity contribution in [1.82, 2.24) is 9.62 Å². The Morgan fingerprint density at radius 3 is 2.63 bits per heavy atom. The first-order valence-electron chi connectivity index (χ1n) is 6.17. The third-order valence-electron chi connectivity index (χ3n) is 3.36. The maximum absolute atomic E-state index is 11.8. The lowest BCUT2D eigenvalue weighted by atomic mass is 10.4. The number of hydrogen-bond acceptors (Lipinski definition) is 5. The van der Waals surface area contributed by atoms with Gasteiger partial charge in [0.25, 0.3) is 10.0 Å². The normalized spacial score (nSPS) is 17.9. The monoisotopic (exact) mass is 304 g/mol. The molecule has 0 aromatic carbocycles. The highest BCUT2D eigenvalue weighted by atomic mass is 32.2. The molecule has 5 nitrogen and oxygen atoms in total. The molecule has 0 bridgehead atoms. The topological polar surface area (TPSA) is 62.6 Å². The predicted molar refractivity (Wildman–Crippen MR) is 76.8 cm³/mol. The second-order valence-corrected chi connectivity index (χ2v) is 8.36. The van der Waals surface area contributed by atoms with Crippen molar-refractivity contribution in [3.05, 3.63) is 17.9 Å². The Bertz CT molecular complexity index is 533. The minimum atomic E-state index is -3.47. The maximum Gasteiger partial charge on any atom is 0.275 e. The molecule has 1 fully saturated rings. The first kappa shape index (κ1) is 14.9. The molecule has 19 heavy (non-hydrogen) atoms. The van der Waals surface area contributed by atoms with Gasteiger partial charge in [-0.15, -0.1) is 0 Å². The summed E-state index contributed by atoms with van der Waals surface area (Å²) in [6.07, 6.45) is 4.63. The van der Waals surface area contributed by atoms with E-state index in [1.54, 1.807) is 6.07 Å². The zero-order valence-electron chi connectivity index (χ0n) is 11.5. The number of nitrogens with one attached hydrogen (secondary N) is 1. The molecule has 0 unspecified atom stereocenters. The standard InChI is InChI=1S/C12H20N2O3S2/c1-14(2)19(15,16)11-5-4-10(17-11)8-13-9-12(18-3)6-7-12/h4-5,13H,6-9H2,1-3H3. The Labute approximate surface area is 118 Å². The second-order valence-electron chi connectivity index (χ2n) is 5.00. The number of furan rings is 1. The summed E-state index contributed by atoms with van der Waals surface area (Å²) in [4.78, 5) is 0. The fourth-order valence-electron chi connectivity index (χ4n) is 1.78. The minimum absolute atomic E-state index is 0.000279. The fourth-order valence-corrected chi connectivity index (χ4v) is 3.35. The van der Waals surface area contributed by atoms with Crippen LogP contribution in [0, 0.1) is 0 Å². The van der Waals surface area contributed by atoms with Gasteiger partial charge in [-0.1, -0.05) is 0 Å². The SMILES string of the molecule is CSC1(CNCc2ccc(S(=O)(=O)N(C)C)o2)CC1. The van der Waals surface area contributed by atoms with Crippen molar-refractivity contribution in [3.8, 4) is 0 Å². The van der Waals surface area contributed by atoms with Crippen LogP contribution < -0.4 is 5.32 Å². The summed E-state index contributed by atoms with van der Waals surface area (Å²) in [6, 6.07) is 3.22. The van der Waals surface area contributed by atoms with Gasteiger partial charge in [0.1, 0.15) is 5.76 Å². The molecule has 0 radical (unpaired) electrons. The number of rotatable bonds is 7. The summed E-state index contributed by atoms with van der Waals surface area (Å²) >= 11 is 1.89. The van der Waals surface area contributed by atoms with E-state index in [-0.39, 0.29) is 5.09 Å². The summed E-state index contributed by atoms with van der Waals surface area (Å²) < 4.78 is 30.6. The van der Waals surface area contributed by atoms with Crippen molar-refractivity contribution in [2.24, 2.45) is 0 Å².